The fraction of sp³-hybridized carbons (Fsp3) is 0.353. The molecule has 7 nitrogen and oxygen atoms in total. The molecule has 1 saturated heterocycles. The maximum Gasteiger partial charge on any atom is 0.573 e. The van der Waals surface area contributed by atoms with Gasteiger partial charge in [-0.1, -0.05) is 12.1 Å². The van der Waals surface area contributed by atoms with Crippen molar-refractivity contribution in [1.82, 2.24) is 4.98 Å². The largest absolute Gasteiger partial charge is 0.573 e. The third-order valence-corrected chi connectivity index (χ3v) is 4.46. The van der Waals surface area contributed by atoms with Gasteiger partial charge in [-0.25, -0.2) is 4.98 Å². The average molecular weight is 383 g/mol. The highest BCUT2D eigenvalue weighted by molar-refractivity contribution is 5.44. The minimum absolute atomic E-state index is 0.117. The molecular formula is C17H16F3N3O4. The van der Waals surface area contributed by atoms with Gasteiger partial charge in [-0.05, 0) is 36.6 Å². The number of hydrogen-bond acceptors (Lipinski definition) is 6. The zero-order valence-electron chi connectivity index (χ0n) is 14.0. The van der Waals surface area contributed by atoms with Gasteiger partial charge in [0.15, 0.2) is 0 Å². The van der Waals surface area contributed by atoms with Gasteiger partial charge in [0.05, 0.1) is 10.5 Å². The number of aromatic nitrogens is 1. The summed E-state index contributed by atoms with van der Waals surface area (Å²) in [6, 6.07) is 8.20. The van der Waals surface area contributed by atoms with Gasteiger partial charge in [-0.15, -0.1) is 13.2 Å². The van der Waals surface area contributed by atoms with E-state index in [0.717, 1.165) is 6.20 Å². The first kappa shape index (κ1) is 18.9. The van der Waals surface area contributed by atoms with Gasteiger partial charge in [0, 0.05) is 19.2 Å². The number of pyridine rings is 1. The fourth-order valence-electron chi connectivity index (χ4n) is 3.05. The van der Waals surface area contributed by atoms with E-state index in [4.69, 9.17) is 0 Å². The summed E-state index contributed by atoms with van der Waals surface area (Å²) in [5.41, 5.74) is -1.06. The van der Waals surface area contributed by atoms with Crippen LogP contribution in [0.2, 0.25) is 0 Å². The van der Waals surface area contributed by atoms with Crippen LogP contribution in [0.4, 0.5) is 24.7 Å². The van der Waals surface area contributed by atoms with E-state index in [-0.39, 0.29) is 24.3 Å². The van der Waals surface area contributed by atoms with Crippen LogP contribution in [0, 0.1) is 10.1 Å². The predicted molar refractivity (Wildman–Crippen MR) is 89.4 cm³/mol. The number of benzene rings is 1. The normalized spacial score (nSPS) is 16.8. The van der Waals surface area contributed by atoms with Gasteiger partial charge in [-0.2, -0.15) is 0 Å². The van der Waals surface area contributed by atoms with Crippen molar-refractivity contribution in [2.45, 2.75) is 24.8 Å². The molecule has 0 atom stereocenters. The van der Waals surface area contributed by atoms with E-state index in [2.05, 4.69) is 9.72 Å². The maximum atomic E-state index is 12.4. The Balaban J connectivity index is 1.70. The van der Waals surface area contributed by atoms with Gasteiger partial charge in [0.25, 0.3) is 5.69 Å². The number of hydrogen-bond donors (Lipinski definition) is 1. The smallest absolute Gasteiger partial charge is 0.406 e. The molecule has 144 valence electrons. The van der Waals surface area contributed by atoms with Crippen LogP contribution < -0.4 is 9.64 Å². The van der Waals surface area contributed by atoms with Crippen molar-refractivity contribution in [3.63, 3.8) is 0 Å². The number of anilines is 1. The molecule has 0 bridgehead atoms. The van der Waals surface area contributed by atoms with E-state index < -0.39 is 16.9 Å². The summed E-state index contributed by atoms with van der Waals surface area (Å²) in [6.45, 7) is 0.789. The highest BCUT2D eigenvalue weighted by Crippen LogP contribution is 2.36. The Morgan fingerprint density at radius 3 is 2.48 bits per heavy atom. The van der Waals surface area contributed by atoms with Crippen molar-refractivity contribution in [3.05, 3.63) is 58.3 Å². The van der Waals surface area contributed by atoms with E-state index in [1.54, 1.807) is 6.07 Å². The molecule has 1 aromatic heterocycles. The number of piperidine rings is 1. The molecule has 1 aliphatic heterocycles. The summed E-state index contributed by atoms with van der Waals surface area (Å²) in [4.78, 5) is 16.1. The van der Waals surface area contributed by atoms with Crippen LogP contribution >= 0.6 is 0 Å². The van der Waals surface area contributed by atoms with Crippen LogP contribution in [-0.2, 0) is 5.60 Å². The second kappa shape index (κ2) is 7.03. The molecule has 0 radical (unpaired) electrons. The van der Waals surface area contributed by atoms with Gasteiger partial charge >= 0.3 is 6.36 Å². The van der Waals surface area contributed by atoms with Gasteiger partial charge < -0.3 is 14.7 Å². The molecular weight excluding hydrogens is 367 g/mol. The Morgan fingerprint density at radius 2 is 1.93 bits per heavy atom. The third-order valence-electron chi connectivity index (χ3n) is 4.46. The topological polar surface area (TPSA) is 88.7 Å². The summed E-state index contributed by atoms with van der Waals surface area (Å²) < 4.78 is 41.1. The van der Waals surface area contributed by atoms with E-state index in [1.165, 1.54) is 30.3 Å². The van der Waals surface area contributed by atoms with Crippen molar-refractivity contribution in [3.8, 4) is 5.75 Å². The Kier molecular flexibility index (Phi) is 4.92. The van der Waals surface area contributed by atoms with Crippen LogP contribution in [0.1, 0.15) is 18.4 Å². The number of ether oxygens (including phenoxy) is 1. The van der Waals surface area contributed by atoms with Crippen LogP contribution in [0.5, 0.6) is 5.75 Å². The standard InChI is InChI=1S/C17H16F3N3O4/c18-17(19,20)27-14-3-1-2-12(10-14)16(24)6-8-22(9-7-16)15-5-4-13(11-21-15)23(25)26/h1-5,10-11,24H,6-9H2. The molecule has 1 fully saturated rings. The number of alkyl halides is 3. The molecule has 0 saturated carbocycles. The highest BCUT2D eigenvalue weighted by atomic mass is 19.4. The van der Waals surface area contributed by atoms with Crippen LogP contribution in [-0.4, -0.2) is 34.5 Å². The number of halogens is 3. The minimum atomic E-state index is -4.80. The molecule has 3 rings (SSSR count). The summed E-state index contributed by atoms with van der Waals surface area (Å²) >= 11 is 0. The van der Waals surface area contributed by atoms with Crippen LogP contribution in [0.15, 0.2) is 42.6 Å². The number of nitro groups is 1. The zero-order valence-corrected chi connectivity index (χ0v) is 14.0. The van der Waals surface area contributed by atoms with Gasteiger partial charge in [0.1, 0.15) is 17.8 Å². The average Bonchev–Trinajstić information content (AvgIpc) is 2.61. The predicted octanol–water partition coefficient (Wildman–Crippen LogP) is 3.38. The molecule has 10 heteroatoms. The maximum absolute atomic E-state index is 12.4. The lowest BCUT2D eigenvalue weighted by molar-refractivity contribution is -0.385. The first-order chi connectivity index (χ1) is 12.7. The van der Waals surface area contributed by atoms with Gasteiger partial charge in [0.2, 0.25) is 0 Å². The van der Waals surface area contributed by atoms with E-state index >= 15 is 0 Å². The Labute approximate surface area is 152 Å². The van der Waals surface area contributed by atoms with Crippen molar-refractivity contribution < 1.29 is 27.9 Å². The lowest BCUT2D eigenvalue weighted by atomic mass is 9.84. The Hall–Kier alpha value is -2.88. The second-order valence-electron chi connectivity index (χ2n) is 6.23. The molecule has 1 aromatic carbocycles. The van der Waals surface area contributed by atoms with Crippen LogP contribution in [0.25, 0.3) is 0 Å². The van der Waals surface area contributed by atoms with E-state index in [1.807, 2.05) is 4.90 Å². The molecule has 0 spiro atoms. The van der Waals surface area contributed by atoms with Gasteiger partial charge in [-0.3, -0.25) is 10.1 Å². The minimum Gasteiger partial charge on any atom is -0.406 e. The van der Waals surface area contributed by atoms with Crippen molar-refractivity contribution in [2.24, 2.45) is 0 Å². The molecule has 0 unspecified atom stereocenters. The molecule has 0 aliphatic carbocycles. The van der Waals surface area contributed by atoms with E-state index in [9.17, 15) is 28.4 Å². The highest BCUT2D eigenvalue weighted by Gasteiger charge is 2.36. The summed E-state index contributed by atoms with van der Waals surface area (Å²) in [7, 11) is 0. The molecule has 1 N–H and O–H groups in total. The summed E-state index contributed by atoms with van der Waals surface area (Å²) in [5, 5.41) is 21.6. The molecule has 27 heavy (non-hydrogen) atoms. The molecule has 2 heterocycles. The van der Waals surface area contributed by atoms with E-state index in [0.29, 0.717) is 24.5 Å². The summed E-state index contributed by atoms with van der Waals surface area (Å²) in [5.74, 6) is 0.157. The quantitative estimate of drug-likeness (QED) is 0.643. The molecule has 1 aliphatic rings. The first-order valence-electron chi connectivity index (χ1n) is 8.10. The fourth-order valence-corrected chi connectivity index (χ4v) is 3.05. The van der Waals surface area contributed by atoms with Crippen molar-refractivity contribution in [1.29, 1.82) is 0 Å². The molecule has 2 aromatic rings. The molecule has 0 amide bonds. The zero-order chi connectivity index (χ0) is 19.7. The third kappa shape index (κ3) is 4.45. The lowest BCUT2D eigenvalue weighted by Crippen LogP contribution is -2.43. The lowest BCUT2D eigenvalue weighted by Gasteiger charge is -2.39. The first-order valence-corrected chi connectivity index (χ1v) is 8.10. The monoisotopic (exact) mass is 383 g/mol. The number of rotatable bonds is 4. The van der Waals surface area contributed by atoms with Crippen molar-refractivity contribution >= 4 is 11.5 Å². The number of aliphatic hydroxyl groups is 1. The van der Waals surface area contributed by atoms with Crippen LogP contribution in [0.3, 0.4) is 0 Å². The van der Waals surface area contributed by atoms with Crippen molar-refractivity contribution in [2.75, 3.05) is 18.0 Å². The SMILES string of the molecule is O=[N+]([O-])c1ccc(N2CCC(O)(c3cccc(OC(F)(F)F)c3)CC2)nc1. The Morgan fingerprint density at radius 1 is 1.22 bits per heavy atom. The number of nitrogens with zero attached hydrogens (tertiary/aromatic N) is 3. The second-order valence-corrected chi connectivity index (χ2v) is 6.23. The summed E-state index contributed by atoms with van der Waals surface area (Å²) in [6.07, 6.45) is -3.11. The Bertz CT molecular complexity index is 819.